The van der Waals surface area contributed by atoms with Crippen LogP contribution in [0.25, 0.3) is 6.08 Å². The van der Waals surface area contributed by atoms with Gasteiger partial charge in [0.2, 0.25) is 11.6 Å². The molecule has 0 atom stereocenters. The minimum atomic E-state index is -0.547. The Labute approximate surface area is 144 Å². The third kappa shape index (κ3) is 3.30. The summed E-state index contributed by atoms with van der Waals surface area (Å²) in [5.41, 5.74) is 1.32. The van der Waals surface area contributed by atoms with E-state index in [1.54, 1.807) is 36.5 Å². The van der Waals surface area contributed by atoms with E-state index >= 15 is 0 Å². The summed E-state index contributed by atoms with van der Waals surface area (Å²) in [6.45, 7) is 0. The van der Waals surface area contributed by atoms with Gasteiger partial charge in [-0.3, -0.25) is 4.98 Å². The quantitative estimate of drug-likeness (QED) is 0.614. The van der Waals surface area contributed by atoms with Gasteiger partial charge in [0.25, 0.3) is 0 Å². The number of rotatable bonds is 5. The number of carbonyl (C=O) groups is 1. The van der Waals surface area contributed by atoms with Gasteiger partial charge in [0, 0.05) is 11.8 Å². The molecule has 2 aromatic rings. The summed E-state index contributed by atoms with van der Waals surface area (Å²) in [7, 11) is 4.53. The maximum absolute atomic E-state index is 12.1. The van der Waals surface area contributed by atoms with E-state index in [0.717, 1.165) is 0 Å². The summed E-state index contributed by atoms with van der Waals surface area (Å²) in [6.07, 6.45) is 3.20. The minimum absolute atomic E-state index is 0.159. The highest BCUT2D eigenvalue weighted by Gasteiger charge is 2.26. The number of benzene rings is 1. The number of cyclic esters (lactones) is 1. The summed E-state index contributed by atoms with van der Waals surface area (Å²) < 4.78 is 21.2. The van der Waals surface area contributed by atoms with Gasteiger partial charge < -0.3 is 18.9 Å². The van der Waals surface area contributed by atoms with Crippen LogP contribution in [0.3, 0.4) is 0 Å². The summed E-state index contributed by atoms with van der Waals surface area (Å²) in [5, 5.41) is 0. The third-order valence-electron chi connectivity index (χ3n) is 3.50. The van der Waals surface area contributed by atoms with Crippen LogP contribution in [0.4, 0.5) is 0 Å². The SMILES string of the molecule is COc1cc(C2=N/C(=C\c3ccccn3)C(=O)O2)cc(OC)c1OC. The van der Waals surface area contributed by atoms with Crippen LogP contribution in [0.15, 0.2) is 47.2 Å². The number of ether oxygens (including phenoxy) is 4. The number of hydrogen-bond donors (Lipinski definition) is 0. The zero-order valence-electron chi connectivity index (χ0n) is 14.0. The van der Waals surface area contributed by atoms with Crippen molar-refractivity contribution in [2.75, 3.05) is 21.3 Å². The highest BCUT2D eigenvalue weighted by Crippen LogP contribution is 2.39. The second-order valence-corrected chi connectivity index (χ2v) is 5.00. The van der Waals surface area contributed by atoms with E-state index in [1.165, 1.54) is 21.3 Å². The van der Waals surface area contributed by atoms with Gasteiger partial charge in [-0.15, -0.1) is 0 Å². The molecule has 0 unspecified atom stereocenters. The van der Waals surface area contributed by atoms with Crippen LogP contribution < -0.4 is 14.2 Å². The molecule has 7 nitrogen and oxygen atoms in total. The number of methoxy groups -OCH3 is 3. The molecule has 1 aromatic carbocycles. The lowest BCUT2D eigenvalue weighted by atomic mass is 10.1. The average Bonchev–Trinajstić information content (AvgIpc) is 3.01. The van der Waals surface area contributed by atoms with Crippen molar-refractivity contribution in [3.8, 4) is 17.2 Å². The van der Waals surface area contributed by atoms with Gasteiger partial charge in [-0.25, -0.2) is 9.79 Å². The van der Waals surface area contributed by atoms with Crippen molar-refractivity contribution in [2.24, 2.45) is 4.99 Å². The topological polar surface area (TPSA) is 79.2 Å². The fourth-order valence-electron chi connectivity index (χ4n) is 2.34. The van der Waals surface area contributed by atoms with E-state index in [9.17, 15) is 4.79 Å². The van der Waals surface area contributed by atoms with Crippen LogP contribution in [0, 0.1) is 0 Å². The summed E-state index contributed by atoms with van der Waals surface area (Å²) in [5.74, 6) is 0.944. The molecule has 0 amide bonds. The van der Waals surface area contributed by atoms with Crippen molar-refractivity contribution in [3.05, 3.63) is 53.5 Å². The van der Waals surface area contributed by atoms with Gasteiger partial charge in [-0.1, -0.05) is 6.07 Å². The Morgan fingerprint density at radius 1 is 1.04 bits per heavy atom. The number of nitrogens with zero attached hydrogens (tertiary/aromatic N) is 2. The zero-order chi connectivity index (χ0) is 17.8. The van der Waals surface area contributed by atoms with Crippen LogP contribution in [-0.2, 0) is 9.53 Å². The second kappa shape index (κ2) is 7.04. The van der Waals surface area contributed by atoms with Gasteiger partial charge in [0.15, 0.2) is 17.2 Å². The monoisotopic (exact) mass is 340 g/mol. The second-order valence-electron chi connectivity index (χ2n) is 5.00. The van der Waals surface area contributed by atoms with E-state index < -0.39 is 5.97 Å². The predicted molar refractivity (Wildman–Crippen MR) is 90.9 cm³/mol. The number of esters is 1. The first-order valence-corrected chi connectivity index (χ1v) is 7.40. The highest BCUT2D eigenvalue weighted by molar-refractivity contribution is 6.13. The Bertz CT molecular complexity index is 834. The zero-order valence-corrected chi connectivity index (χ0v) is 14.0. The van der Waals surface area contributed by atoms with Gasteiger partial charge in [0.1, 0.15) is 0 Å². The maximum Gasteiger partial charge on any atom is 0.363 e. The van der Waals surface area contributed by atoms with E-state index in [0.29, 0.717) is 28.5 Å². The van der Waals surface area contributed by atoms with Gasteiger partial charge in [-0.2, -0.15) is 0 Å². The maximum atomic E-state index is 12.1. The number of hydrogen-bond acceptors (Lipinski definition) is 7. The molecule has 0 radical (unpaired) electrons. The molecular formula is C18H16N2O5. The van der Waals surface area contributed by atoms with Crippen molar-refractivity contribution in [3.63, 3.8) is 0 Å². The molecule has 0 fully saturated rings. The van der Waals surface area contributed by atoms with E-state index in [-0.39, 0.29) is 11.6 Å². The summed E-state index contributed by atoms with van der Waals surface area (Å²) in [6, 6.07) is 8.71. The van der Waals surface area contributed by atoms with E-state index in [4.69, 9.17) is 18.9 Å². The first kappa shape index (κ1) is 16.5. The number of aromatic nitrogens is 1. The van der Waals surface area contributed by atoms with Gasteiger partial charge in [-0.05, 0) is 30.3 Å². The molecule has 2 heterocycles. The average molecular weight is 340 g/mol. The molecule has 1 aliphatic heterocycles. The molecule has 1 aliphatic rings. The smallest absolute Gasteiger partial charge is 0.363 e. The number of pyridine rings is 1. The Morgan fingerprint density at radius 2 is 1.76 bits per heavy atom. The molecule has 0 spiro atoms. The van der Waals surface area contributed by atoms with Crippen molar-refractivity contribution >= 4 is 17.9 Å². The van der Waals surface area contributed by atoms with Gasteiger partial charge in [0.05, 0.1) is 27.0 Å². The Hall–Kier alpha value is -3.35. The van der Waals surface area contributed by atoms with Crippen molar-refractivity contribution in [2.45, 2.75) is 0 Å². The minimum Gasteiger partial charge on any atom is -0.493 e. The summed E-state index contributed by atoms with van der Waals surface area (Å²) >= 11 is 0. The molecule has 1 aromatic heterocycles. The van der Waals surface area contributed by atoms with Crippen LogP contribution >= 0.6 is 0 Å². The molecule has 0 N–H and O–H groups in total. The molecule has 3 rings (SSSR count). The van der Waals surface area contributed by atoms with Crippen molar-refractivity contribution < 1.29 is 23.7 Å². The van der Waals surface area contributed by atoms with E-state index in [2.05, 4.69) is 9.98 Å². The lowest BCUT2D eigenvalue weighted by Crippen LogP contribution is -2.07. The standard InChI is InChI=1S/C18H16N2O5/c1-22-14-8-11(9-15(23-2)16(14)24-3)17-20-13(18(21)25-17)10-12-6-4-5-7-19-12/h4-10H,1-3H3/b13-10-. The Kier molecular flexibility index (Phi) is 4.65. The highest BCUT2D eigenvalue weighted by atomic mass is 16.6. The fraction of sp³-hybridized carbons (Fsp3) is 0.167. The van der Waals surface area contributed by atoms with Crippen molar-refractivity contribution in [1.29, 1.82) is 0 Å². The van der Waals surface area contributed by atoms with Gasteiger partial charge >= 0.3 is 5.97 Å². The first-order chi connectivity index (χ1) is 12.2. The molecule has 0 saturated carbocycles. The Morgan fingerprint density at radius 3 is 2.32 bits per heavy atom. The van der Waals surface area contributed by atoms with Crippen LogP contribution in [0.2, 0.25) is 0 Å². The lowest BCUT2D eigenvalue weighted by Gasteiger charge is -2.13. The molecule has 0 aliphatic carbocycles. The molecule has 25 heavy (non-hydrogen) atoms. The summed E-state index contributed by atoms with van der Waals surface area (Å²) in [4.78, 5) is 20.5. The molecule has 0 saturated heterocycles. The van der Waals surface area contributed by atoms with Crippen LogP contribution in [0.1, 0.15) is 11.3 Å². The molecule has 128 valence electrons. The third-order valence-corrected chi connectivity index (χ3v) is 3.50. The van der Waals surface area contributed by atoms with Crippen LogP contribution in [0.5, 0.6) is 17.2 Å². The van der Waals surface area contributed by atoms with Crippen LogP contribution in [-0.4, -0.2) is 38.2 Å². The normalized spacial score (nSPS) is 14.9. The first-order valence-electron chi connectivity index (χ1n) is 7.40. The Balaban J connectivity index is 2.01. The molecule has 7 heteroatoms. The molecule has 0 bridgehead atoms. The predicted octanol–water partition coefficient (Wildman–Crippen LogP) is 2.45. The van der Waals surface area contributed by atoms with E-state index in [1.807, 2.05) is 6.07 Å². The fourth-order valence-corrected chi connectivity index (χ4v) is 2.34. The number of aliphatic imine (C=N–C) groups is 1. The molecular weight excluding hydrogens is 324 g/mol. The lowest BCUT2D eigenvalue weighted by molar-refractivity contribution is -0.129. The number of carbonyl (C=O) groups excluding carboxylic acids is 1. The largest absolute Gasteiger partial charge is 0.493 e. The van der Waals surface area contributed by atoms with Crippen molar-refractivity contribution in [1.82, 2.24) is 4.98 Å².